The maximum absolute atomic E-state index is 13.7. The highest BCUT2D eigenvalue weighted by atomic mass is 19.1. The molecule has 35 heavy (non-hydrogen) atoms. The second-order valence-electron chi connectivity index (χ2n) is 8.84. The van der Waals surface area contributed by atoms with Gasteiger partial charge in [-0.05, 0) is 54.1 Å². The zero-order chi connectivity index (χ0) is 23.9. The number of para-hydroxylation sites is 1. The highest BCUT2D eigenvalue weighted by Gasteiger charge is 2.60. The van der Waals surface area contributed by atoms with Gasteiger partial charge in [0.1, 0.15) is 11.7 Å². The summed E-state index contributed by atoms with van der Waals surface area (Å²) in [4.78, 5) is 36.7. The summed E-state index contributed by atoms with van der Waals surface area (Å²) >= 11 is 0. The van der Waals surface area contributed by atoms with Crippen molar-refractivity contribution in [3.63, 3.8) is 0 Å². The molecule has 3 aliphatic rings. The minimum atomic E-state index is -0.961. The van der Waals surface area contributed by atoms with Crippen LogP contribution in [0, 0.1) is 11.7 Å². The number of benzene rings is 3. The van der Waals surface area contributed by atoms with Gasteiger partial charge in [-0.3, -0.25) is 14.4 Å². The number of rotatable bonds is 4. The van der Waals surface area contributed by atoms with Crippen molar-refractivity contribution in [3.8, 4) is 0 Å². The van der Waals surface area contributed by atoms with Crippen LogP contribution in [0.25, 0.3) is 0 Å². The second kappa shape index (κ2) is 8.79. The number of hydroxylamine groups is 1. The first-order chi connectivity index (χ1) is 17.1. The number of hydrogen-bond donors (Lipinski definition) is 0. The number of carbonyl (C=O) groups excluding carboxylic acids is 2. The number of ether oxygens (including phenoxy) is 1. The monoisotopic (exact) mass is 473 g/mol. The summed E-state index contributed by atoms with van der Waals surface area (Å²) in [6.45, 7) is 2.95. The molecule has 0 radical (unpaired) electrons. The van der Waals surface area contributed by atoms with Crippen LogP contribution in [-0.2, 0) is 19.2 Å². The van der Waals surface area contributed by atoms with Crippen molar-refractivity contribution in [3.05, 3.63) is 90.2 Å². The number of halogens is 1. The van der Waals surface area contributed by atoms with Crippen LogP contribution in [0.5, 0.6) is 0 Å². The fourth-order valence-corrected chi connectivity index (χ4v) is 5.10. The Labute approximate surface area is 202 Å². The van der Waals surface area contributed by atoms with Gasteiger partial charge in [0, 0.05) is 18.8 Å². The van der Waals surface area contributed by atoms with Crippen molar-refractivity contribution in [2.75, 3.05) is 41.2 Å². The first-order valence-corrected chi connectivity index (χ1v) is 11.7. The predicted molar refractivity (Wildman–Crippen MR) is 128 cm³/mol. The van der Waals surface area contributed by atoms with Gasteiger partial charge in [0.2, 0.25) is 5.91 Å². The van der Waals surface area contributed by atoms with Crippen LogP contribution >= 0.6 is 0 Å². The molecule has 0 bridgehead atoms. The van der Waals surface area contributed by atoms with Gasteiger partial charge in [-0.1, -0.05) is 30.3 Å². The van der Waals surface area contributed by atoms with E-state index in [9.17, 15) is 14.0 Å². The SMILES string of the molecule is O=C1[C@@H]2[C@H](ON(c3ccccc3)[C@H]2c2ccc(F)cc2)C(=O)N1c1ccc(N2CCOCC2)cc1. The minimum absolute atomic E-state index is 0.327. The first kappa shape index (κ1) is 21.8. The summed E-state index contributed by atoms with van der Waals surface area (Å²) in [6.07, 6.45) is -0.961. The van der Waals surface area contributed by atoms with Gasteiger partial charge in [-0.15, -0.1) is 0 Å². The molecule has 3 saturated heterocycles. The summed E-state index contributed by atoms with van der Waals surface area (Å²) in [6, 6.07) is 22.2. The second-order valence-corrected chi connectivity index (χ2v) is 8.84. The Morgan fingerprint density at radius 1 is 0.743 bits per heavy atom. The maximum Gasteiger partial charge on any atom is 0.266 e. The van der Waals surface area contributed by atoms with Gasteiger partial charge in [0.15, 0.2) is 6.10 Å². The molecule has 178 valence electrons. The topological polar surface area (TPSA) is 62.3 Å². The molecule has 0 aromatic heterocycles. The van der Waals surface area contributed by atoms with Gasteiger partial charge in [-0.2, -0.15) is 0 Å². The van der Waals surface area contributed by atoms with Gasteiger partial charge in [0.05, 0.1) is 30.6 Å². The van der Waals surface area contributed by atoms with Crippen LogP contribution in [0.4, 0.5) is 21.5 Å². The van der Waals surface area contributed by atoms with Crippen molar-refractivity contribution in [1.82, 2.24) is 0 Å². The molecule has 2 amide bonds. The molecule has 3 aromatic rings. The highest BCUT2D eigenvalue weighted by molar-refractivity contribution is 6.24. The molecule has 3 aliphatic heterocycles. The number of anilines is 3. The van der Waals surface area contributed by atoms with Crippen LogP contribution in [-0.4, -0.2) is 44.2 Å². The maximum atomic E-state index is 13.7. The summed E-state index contributed by atoms with van der Waals surface area (Å²) in [5, 5.41) is 1.61. The summed E-state index contributed by atoms with van der Waals surface area (Å²) in [5.74, 6) is -1.85. The lowest BCUT2D eigenvalue weighted by Crippen LogP contribution is -2.38. The molecule has 8 heteroatoms. The number of nitrogens with zero attached hydrogens (tertiary/aromatic N) is 3. The van der Waals surface area contributed by atoms with E-state index in [1.165, 1.54) is 17.0 Å². The molecule has 0 saturated carbocycles. The number of morpholine rings is 1. The third-order valence-corrected chi connectivity index (χ3v) is 6.82. The van der Waals surface area contributed by atoms with E-state index in [1.807, 2.05) is 42.5 Å². The molecule has 0 N–H and O–H groups in total. The normalized spacial score (nSPS) is 24.3. The Kier molecular flexibility index (Phi) is 5.47. The lowest BCUT2D eigenvalue weighted by Gasteiger charge is -2.30. The van der Waals surface area contributed by atoms with Crippen LogP contribution in [0.1, 0.15) is 11.6 Å². The average Bonchev–Trinajstić information content (AvgIpc) is 3.41. The zero-order valence-electron chi connectivity index (χ0n) is 18.9. The van der Waals surface area contributed by atoms with E-state index in [2.05, 4.69) is 4.90 Å². The van der Waals surface area contributed by atoms with E-state index in [1.54, 1.807) is 29.3 Å². The average molecular weight is 474 g/mol. The lowest BCUT2D eigenvalue weighted by molar-refractivity contribution is -0.126. The largest absolute Gasteiger partial charge is 0.378 e. The van der Waals surface area contributed by atoms with Gasteiger partial charge >= 0.3 is 0 Å². The van der Waals surface area contributed by atoms with Crippen molar-refractivity contribution in [2.24, 2.45) is 5.92 Å². The van der Waals surface area contributed by atoms with Gasteiger partial charge in [0.25, 0.3) is 5.91 Å². The van der Waals surface area contributed by atoms with Crippen LogP contribution in [0.3, 0.4) is 0 Å². The van der Waals surface area contributed by atoms with E-state index >= 15 is 0 Å². The third-order valence-electron chi connectivity index (χ3n) is 6.82. The molecule has 7 nitrogen and oxygen atoms in total. The molecule has 3 fully saturated rings. The Balaban J connectivity index is 1.33. The molecule has 3 atom stereocenters. The lowest BCUT2D eigenvalue weighted by atomic mass is 9.90. The van der Waals surface area contributed by atoms with Crippen molar-refractivity contribution in [1.29, 1.82) is 0 Å². The third kappa shape index (κ3) is 3.75. The van der Waals surface area contributed by atoms with Crippen molar-refractivity contribution >= 4 is 28.9 Å². The fourth-order valence-electron chi connectivity index (χ4n) is 5.10. The zero-order valence-corrected chi connectivity index (χ0v) is 18.9. The Morgan fingerprint density at radius 2 is 1.40 bits per heavy atom. The van der Waals surface area contributed by atoms with Gasteiger partial charge < -0.3 is 9.64 Å². The van der Waals surface area contributed by atoms with Crippen LogP contribution < -0.4 is 14.9 Å². The molecule has 6 rings (SSSR count). The van der Waals surface area contributed by atoms with E-state index in [0.29, 0.717) is 24.5 Å². The minimum Gasteiger partial charge on any atom is -0.378 e. The molecule has 0 unspecified atom stereocenters. The fraction of sp³-hybridized carbons (Fsp3) is 0.259. The number of amides is 2. The molecular formula is C27H24FN3O4. The van der Waals surface area contributed by atoms with E-state index in [4.69, 9.17) is 9.57 Å². The molecule has 0 spiro atoms. The standard InChI is InChI=1S/C27H24FN3O4/c28-19-8-6-18(7-9-19)24-23-25(35-31(24)22-4-2-1-3-5-22)27(33)30(26(23)32)21-12-10-20(11-13-21)29-14-16-34-17-15-29/h1-13,23-25H,14-17H2/t23-,24-,25-/m0/s1. The van der Waals surface area contributed by atoms with E-state index in [-0.39, 0.29) is 11.7 Å². The molecular weight excluding hydrogens is 449 g/mol. The van der Waals surface area contributed by atoms with Gasteiger partial charge in [-0.25, -0.2) is 14.4 Å². The Morgan fingerprint density at radius 3 is 2.09 bits per heavy atom. The summed E-state index contributed by atoms with van der Waals surface area (Å²) in [7, 11) is 0. The smallest absolute Gasteiger partial charge is 0.266 e. The van der Waals surface area contributed by atoms with Crippen LogP contribution in [0.2, 0.25) is 0 Å². The number of carbonyl (C=O) groups is 2. The highest BCUT2D eigenvalue weighted by Crippen LogP contribution is 2.47. The molecule has 3 heterocycles. The van der Waals surface area contributed by atoms with Crippen LogP contribution in [0.15, 0.2) is 78.9 Å². The predicted octanol–water partition coefficient (Wildman–Crippen LogP) is 3.71. The summed E-state index contributed by atoms with van der Waals surface area (Å²) in [5.41, 5.74) is 2.96. The first-order valence-electron chi connectivity index (χ1n) is 11.7. The van der Waals surface area contributed by atoms with Crippen molar-refractivity contribution in [2.45, 2.75) is 12.1 Å². The van der Waals surface area contributed by atoms with E-state index in [0.717, 1.165) is 24.5 Å². The van der Waals surface area contributed by atoms with E-state index < -0.39 is 24.0 Å². The molecule has 0 aliphatic carbocycles. The number of imide groups is 1. The number of fused-ring (bicyclic) bond motifs is 1. The molecule has 3 aromatic carbocycles. The number of hydrogen-bond acceptors (Lipinski definition) is 6. The Bertz CT molecular complexity index is 1230. The van der Waals surface area contributed by atoms with Crippen molar-refractivity contribution < 1.29 is 23.6 Å². The quantitative estimate of drug-likeness (QED) is 0.539. The summed E-state index contributed by atoms with van der Waals surface area (Å²) < 4.78 is 19.1. The Hall–Kier alpha value is -3.75.